The summed E-state index contributed by atoms with van der Waals surface area (Å²) < 4.78 is 5.26. The van der Waals surface area contributed by atoms with Gasteiger partial charge in [-0.1, -0.05) is 18.2 Å². The second-order valence-corrected chi connectivity index (χ2v) is 4.56. The van der Waals surface area contributed by atoms with E-state index >= 15 is 0 Å². The number of aliphatic hydroxyl groups is 1. The Balaban J connectivity index is 2.41. The Hall–Kier alpha value is -1.39. The minimum absolute atomic E-state index is 0.0528. The maximum absolute atomic E-state index is 11.1. The van der Waals surface area contributed by atoms with Crippen LogP contribution < -0.4 is 0 Å². The average Bonchev–Trinajstić information content (AvgIpc) is 2.83. The van der Waals surface area contributed by atoms with E-state index < -0.39 is 11.6 Å². The number of carboxylic acids is 1. The fourth-order valence-electron chi connectivity index (χ4n) is 2.31. The van der Waals surface area contributed by atoms with Crippen molar-refractivity contribution in [3.05, 3.63) is 35.4 Å². The van der Waals surface area contributed by atoms with E-state index in [-0.39, 0.29) is 11.5 Å². The van der Waals surface area contributed by atoms with E-state index in [4.69, 9.17) is 9.84 Å². The molecule has 2 atom stereocenters. The number of ether oxygens (including phenoxy) is 1. The molecule has 0 aromatic heterocycles. The molecule has 0 bridgehead atoms. The second kappa shape index (κ2) is 4.47. The van der Waals surface area contributed by atoms with Gasteiger partial charge in [0, 0.05) is 12.5 Å². The van der Waals surface area contributed by atoms with Crippen molar-refractivity contribution < 1.29 is 19.7 Å². The lowest BCUT2D eigenvalue weighted by Crippen LogP contribution is -2.33. The van der Waals surface area contributed by atoms with Crippen LogP contribution in [0.2, 0.25) is 0 Å². The van der Waals surface area contributed by atoms with E-state index in [1.807, 2.05) is 0 Å². The molecule has 2 rings (SSSR count). The number of hydrogen-bond acceptors (Lipinski definition) is 3. The van der Waals surface area contributed by atoms with Gasteiger partial charge in [0.15, 0.2) is 0 Å². The molecule has 92 valence electrons. The van der Waals surface area contributed by atoms with Gasteiger partial charge in [0.1, 0.15) is 0 Å². The van der Waals surface area contributed by atoms with Gasteiger partial charge < -0.3 is 14.9 Å². The normalized spacial score (nSPS) is 23.3. The Labute approximate surface area is 99.8 Å². The first kappa shape index (κ1) is 12.1. The smallest absolute Gasteiger partial charge is 0.336 e. The van der Waals surface area contributed by atoms with Gasteiger partial charge in [-0.2, -0.15) is 0 Å². The summed E-state index contributed by atoms with van der Waals surface area (Å²) in [4.78, 5) is 11.1. The first-order valence-corrected chi connectivity index (χ1v) is 5.66. The lowest BCUT2D eigenvalue weighted by atomic mass is 9.80. The van der Waals surface area contributed by atoms with Gasteiger partial charge in [0.05, 0.1) is 17.8 Å². The van der Waals surface area contributed by atoms with E-state index in [1.54, 1.807) is 25.1 Å². The van der Waals surface area contributed by atoms with E-state index in [9.17, 15) is 9.90 Å². The topological polar surface area (TPSA) is 66.8 Å². The van der Waals surface area contributed by atoms with Crippen LogP contribution in [0, 0.1) is 5.92 Å². The Bertz CT molecular complexity index is 419. The van der Waals surface area contributed by atoms with Gasteiger partial charge in [0.25, 0.3) is 0 Å². The highest BCUT2D eigenvalue weighted by Crippen LogP contribution is 2.36. The molecule has 4 nitrogen and oxygen atoms in total. The van der Waals surface area contributed by atoms with Crippen molar-refractivity contribution in [3.8, 4) is 0 Å². The summed E-state index contributed by atoms with van der Waals surface area (Å²) >= 11 is 0. The number of hydrogen-bond donors (Lipinski definition) is 2. The third kappa shape index (κ3) is 2.18. The zero-order valence-corrected chi connectivity index (χ0v) is 9.72. The summed E-state index contributed by atoms with van der Waals surface area (Å²) in [6.07, 6.45) is 0.751. The summed E-state index contributed by atoms with van der Waals surface area (Å²) in [5, 5.41) is 19.7. The van der Waals surface area contributed by atoms with E-state index in [2.05, 4.69) is 0 Å². The number of aromatic carboxylic acids is 1. The maximum atomic E-state index is 11.1. The molecule has 0 radical (unpaired) electrons. The van der Waals surface area contributed by atoms with Gasteiger partial charge in [-0.3, -0.25) is 0 Å². The standard InChI is InChI=1S/C13H16O4/c1-13(16,9-6-7-17-8-9)11-5-3-2-4-10(11)12(14)15/h2-5,9,16H,6-8H2,1H3,(H,14,15). The molecular formula is C13H16O4. The number of benzene rings is 1. The zero-order valence-electron chi connectivity index (χ0n) is 9.72. The minimum atomic E-state index is -1.16. The van der Waals surface area contributed by atoms with Gasteiger partial charge >= 0.3 is 5.97 Å². The zero-order chi connectivity index (χ0) is 12.5. The van der Waals surface area contributed by atoms with Gasteiger partial charge in [0.2, 0.25) is 0 Å². The molecular weight excluding hydrogens is 220 g/mol. The third-order valence-corrected chi connectivity index (χ3v) is 3.43. The predicted molar refractivity (Wildman–Crippen MR) is 61.9 cm³/mol. The third-order valence-electron chi connectivity index (χ3n) is 3.43. The van der Waals surface area contributed by atoms with Crippen LogP contribution in [0.3, 0.4) is 0 Å². The second-order valence-electron chi connectivity index (χ2n) is 4.56. The van der Waals surface area contributed by atoms with Crippen molar-refractivity contribution in [2.45, 2.75) is 18.9 Å². The molecule has 1 fully saturated rings. The SMILES string of the molecule is CC(O)(c1ccccc1C(=O)O)C1CCOC1. The quantitative estimate of drug-likeness (QED) is 0.837. The average molecular weight is 236 g/mol. The molecule has 1 aromatic rings. The van der Waals surface area contributed by atoms with Crippen molar-refractivity contribution in [2.75, 3.05) is 13.2 Å². The Morgan fingerprint density at radius 3 is 2.76 bits per heavy atom. The van der Waals surface area contributed by atoms with Crippen molar-refractivity contribution in [2.24, 2.45) is 5.92 Å². The van der Waals surface area contributed by atoms with Crippen LogP contribution in [0.25, 0.3) is 0 Å². The summed E-state index contributed by atoms with van der Waals surface area (Å²) in [6.45, 7) is 2.76. The van der Waals surface area contributed by atoms with Crippen LogP contribution in [-0.4, -0.2) is 29.4 Å². The molecule has 2 N–H and O–H groups in total. The molecule has 1 aromatic carbocycles. The molecule has 2 unspecified atom stereocenters. The first-order chi connectivity index (χ1) is 8.03. The van der Waals surface area contributed by atoms with Crippen LogP contribution in [0.5, 0.6) is 0 Å². The molecule has 1 aliphatic rings. The maximum Gasteiger partial charge on any atom is 0.336 e. The van der Waals surface area contributed by atoms with E-state index in [0.29, 0.717) is 18.8 Å². The number of carbonyl (C=O) groups is 1. The van der Waals surface area contributed by atoms with Crippen LogP contribution in [-0.2, 0) is 10.3 Å². The molecule has 4 heteroatoms. The first-order valence-electron chi connectivity index (χ1n) is 5.66. The van der Waals surface area contributed by atoms with Gasteiger partial charge in [-0.15, -0.1) is 0 Å². The predicted octanol–water partition coefficient (Wildman–Crippen LogP) is 1.63. The molecule has 1 saturated heterocycles. The van der Waals surface area contributed by atoms with E-state index in [0.717, 1.165) is 6.42 Å². The summed E-state index contributed by atoms with van der Waals surface area (Å²) in [6, 6.07) is 6.59. The van der Waals surface area contributed by atoms with Crippen LogP contribution in [0.1, 0.15) is 29.3 Å². The largest absolute Gasteiger partial charge is 0.478 e. The monoisotopic (exact) mass is 236 g/mol. The molecule has 1 heterocycles. The highest BCUT2D eigenvalue weighted by atomic mass is 16.5. The Kier molecular flexibility index (Phi) is 3.17. The van der Waals surface area contributed by atoms with E-state index in [1.165, 1.54) is 6.07 Å². The summed E-state index contributed by atoms with van der Waals surface area (Å²) in [7, 11) is 0. The minimum Gasteiger partial charge on any atom is -0.478 e. The molecule has 0 amide bonds. The molecule has 0 saturated carbocycles. The number of carboxylic acid groups (broad SMARTS) is 1. The summed E-state index contributed by atoms with van der Waals surface area (Å²) in [5.74, 6) is -1.07. The van der Waals surface area contributed by atoms with Crippen molar-refractivity contribution >= 4 is 5.97 Å². The summed E-state index contributed by atoms with van der Waals surface area (Å²) in [5.41, 5.74) is -0.543. The van der Waals surface area contributed by atoms with Gasteiger partial charge in [-0.25, -0.2) is 4.79 Å². The highest BCUT2D eigenvalue weighted by molar-refractivity contribution is 5.89. The van der Waals surface area contributed by atoms with Crippen molar-refractivity contribution in [1.82, 2.24) is 0 Å². The highest BCUT2D eigenvalue weighted by Gasteiger charge is 2.38. The Morgan fingerprint density at radius 2 is 2.18 bits per heavy atom. The van der Waals surface area contributed by atoms with Crippen molar-refractivity contribution in [1.29, 1.82) is 0 Å². The molecule has 0 aliphatic carbocycles. The fraction of sp³-hybridized carbons (Fsp3) is 0.462. The number of rotatable bonds is 3. The lowest BCUT2D eigenvalue weighted by Gasteiger charge is -2.30. The van der Waals surface area contributed by atoms with Crippen LogP contribution in [0.4, 0.5) is 0 Å². The van der Waals surface area contributed by atoms with Crippen LogP contribution >= 0.6 is 0 Å². The molecule has 17 heavy (non-hydrogen) atoms. The van der Waals surface area contributed by atoms with Crippen molar-refractivity contribution in [3.63, 3.8) is 0 Å². The lowest BCUT2D eigenvalue weighted by molar-refractivity contribution is -0.0109. The molecule has 0 spiro atoms. The van der Waals surface area contributed by atoms with Crippen LogP contribution in [0.15, 0.2) is 24.3 Å². The Morgan fingerprint density at radius 1 is 1.47 bits per heavy atom. The fourth-order valence-corrected chi connectivity index (χ4v) is 2.31. The molecule has 1 aliphatic heterocycles. The van der Waals surface area contributed by atoms with Gasteiger partial charge in [-0.05, 0) is 25.0 Å².